The Bertz CT molecular complexity index is 403. The van der Waals surface area contributed by atoms with E-state index in [-0.39, 0.29) is 17.9 Å². The minimum absolute atomic E-state index is 0.0595. The summed E-state index contributed by atoms with van der Waals surface area (Å²) in [6.45, 7) is 6.06. The molecule has 102 valence electrons. The van der Waals surface area contributed by atoms with Crippen LogP contribution in [0.15, 0.2) is 6.20 Å². The van der Waals surface area contributed by atoms with Gasteiger partial charge in [-0.3, -0.25) is 14.8 Å². The Labute approximate surface area is 107 Å². The lowest BCUT2D eigenvalue weighted by molar-refractivity contribution is -0.386. The monoisotopic (exact) mass is 255 g/mol. The second-order valence-corrected chi connectivity index (χ2v) is 4.03. The number of rotatable bonds is 3. The molecule has 1 saturated heterocycles. The number of ether oxygens (including phenoxy) is 1. The van der Waals surface area contributed by atoms with Crippen molar-refractivity contribution >= 4 is 5.69 Å². The fourth-order valence-corrected chi connectivity index (χ4v) is 2.16. The van der Waals surface area contributed by atoms with Gasteiger partial charge in [-0.1, -0.05) is 20.8 Å². The quantitative estimate of drug-likeness (QED) is 0.615. The van der Waals surface area contributed by atoms with Crippen LogP contribution in [0.1, 0.15) is 51.8 Å². The maximum absolute atomic E-state index is 10.8. The van der Waals surface area contributed by atoms with Gasteiger partial charge < -0.3 is 4.74 Å². The van der Waals surface area contributed by atoms with Crippen LogP contribution in [0.4, 0.5) is 5.69 Å². The van der Waals surface area contributed by atoms with Crippen molar-refractivity contribution in [3.05, 3.63) is 22.0 Å². The molecule has 6 nitrogen and oxygen atoms in total. The first kappa shape index (κ1) is 14.6. The van der Waals surface area contributed by atoms with Gasteiger partial charge in [0, 0.05) is 7.05 Å². The molecule has 2 unspecified atom stereocenters. The molecule has 0 radical (unpaired) electrons. The van der Waals surface area contributed by atoms with Gasteiger partial charge in [-0.15, -0.1) is 0 Å². The van der Waals surface area contributed by atoms with E-state index < -0.39 is 4.92 Å². The van der Waals surface area contributed by atoms with Crippen molar-refractivity contribution in [1.29, 1.82) is 0 Å². The van der Waals surface area contributed by atoms with Gasteiger partial charge in [0.15, 0.2) is 0 Å². The Hall–Kier alpha value is -1.43. The van der Waals surface area contributed by atoms with Gasteiger partial charge in [-0.25, -0.2) is 0 Å². The fourth-order valence-electron chi connectivity index (χ4n) is 2.16. The Balaban J connectivity index is 0.000000771. The maximum atomic E-state index is 10.8. The van der Waals surface area contributed by atoms with Crippen LogP contribution in [0.25, 0.3) is 0 Å². The molecule has 0 amide bonds. The summed E-state index contributed by atoms with van der Waals surface area (Å²) in [7, 11) is 1.71. The summed E-state index contributed by atoms with van der Waals surface area (Å²) in [5.41, 5.74) is 0.644. The molecule has 0 aliphatic carbocycles. The SMILES string of the molecule is CC.CCC1CCC(c2c([N+](=O)[O-])cnn2C)O1. The Kier molecular flexibility index (Phi) is 5.27. The Morgan fingerprint density at radius 2 is 2.22 bits per heavy atom. The standard InChI is InChI=1S/C10H15N3O3.C2H6/c1-3-7-4-5-9(16-7)10-8(13(14)15)6-11-12(10)2;1-2/h6-7,9H,3-5H2,1-2H3;1-2H3. The van der Waals surface area contributed by atoms with Gasteiger partial charge in [-0.05, 0) is 19.3 Å². The van der Waals surface area contributed by atoms with Crippen molar-refractivity contribution in [3.8, 4) is 0 Å². The second-order valence-electron chi connectivity index (χ2n) is 4.03. The summed E-state index contributed by atoms with van der Waals surface area (Å²) in [4.78, 5) is 10.4. The van der Waals surface area contributed by atoms with Crippen molar-refractivity contribution < 1.29 is 9.66 Å². The topological polar surface area (TPSA) is 70.2 Å². The summed E-state index contributed by atoms with van der Waals surface area (Å²) >= 11 is 0. The first-order valence-corrected chi connectivity index (χ1v) is 6.45. The van der Waals surface area contributed by atoms with Crippen molar-refractivity contribution in [2.24, 2.45) is 7.05 Å². The van der Waals surface area contributed by atoms with Crippen LogP contribution >= 0.6 is 0 Å². The molecule has 1 aromatic heterocycles. The van der Waals surface area contributed by atoms with Crippen LogP contribution in [0.3, 0.4) is 0 Å². The average Bonchev–Trinajstić information content (AvgIpc) is 2.97. The van der Waals surface area contributed by atoms with E-state index in [9.17, 15) is 10.1 Å². The first-order valence-electron chi connectivity index (χ1n) is 6.45. The zero-order valence-corrected chi connectivity index (χ0v) is 11.4. The molecule has 0 bridgehead atoms. The molecular weight excluding hydrogens is 234 g/mol. The van der Waals surface area contributed by atoms with Crippen LogP contribution in [0.2, 0.25) is 0 Å². The van der Waals surface area contributed by atoms with Crippen LogP contribution < -0.4 is 0 Å². The molecular formula is C12H21N3O3. The number of aromatic nitrogens is 2. The molecule has 0 spiro atoms. The van der Waals surface area contributed by atoms with Gasteiger partial charge in [0.05, 0.1) is 11.0 Å². The molecule has 0 saturated carbocycles. The molecule has 0 N–H and O–H groups in total. The first-order chi connectivity index (χ1) is 8.63. The van der Waals surface area contributed by atoms with Gasteiger partial charge in [0.1, 0.15) is 18.0 Å². The molecule has 1 fully saturated rings. The average molecular weight is 255 g/mol. The molecule has 6 heteroatoms. The smallest absolute Gasteiger partial charge is 0.312 e. The molecule has 1 aliphatic rings. The van der Waals surface area contributed by atoms with Crippen molar-refractivity contribution in [3.63, 3.8) is 0 Å². The Morgan fingerprint density at radius 1 is 1.56 bits per heavy atom. The van der Waals surface area contributed by atoms with E-state index in [0.29, 0.717) is 5.69 Å². The number of hydrogen-bond donors (Lipinski definition) is 0. The molecule has 1 aromatic rings. The lowest BCUT2D eigenvalue weighted by atomic mass is 10.1. The van der Waals surface area contributed by atoms with Crippen molar-refractivity contribution in [1.82, 2.24) is 9.78 Å². The van der Waals surface area contributed by atoms with E-state index in [0.717, 1.165) is 19.3 Å². The number of nitro groups is 1. The maximum Gasteiger partial charge on any atom is 0.312 e. The highest BCUT2D eigenvalue weighted by Crippen LogP contribution is 2.37. The number of hydrogen-bond acceptors (Lipinski definition) is 4. The predicted molar refractivity (Wildman–Crippen MR) is 68.3 cm³/mol. The van der Waals surface area contributed by atoms with Gasteiger partial charge in [0.25, 0.3) is 0 Å². The van der Waals surface area contributed by atoms with E-state index in [1.165, 1.54) is 6.20 Å². The lowest BCUT2D eigenvalue weighted by Gasteiger charge is -2.12. The van der Waals surface area contributed by atoms with Gasteiger partial charge >= 0.3 is 5.69 Å². The minimum atomic E-state index is -0.398. The third-order valence-corrected chi connectivity index (χ3v) is 3.03. The highest BCUT2D eigenvalue weighted by atomic mass is 16.6. The van der Waals surface area contributed by atoms with E-state index in [4.69, 9.17) is 4.74 Å². The largest absolute Gasteiger partial charge is 0.368 e. The zero-order valence-electron chi connectivity index (χ0n) is 11.4. The van der Waals surface area contributed by atoms with E-state index in [2.05, 4.69) is 12.0 Å². The summed E-state index contributed by atoms with van der Waals surface area (Å²) in [6, 6.07) is 0. The van der Waals surface area contributed by atoms with E-state index >= 15 is 0 Å². The molecule has 0 aromatic carbocycles. The van der Waals surface area contributed by atoms with E-state index in [1.54, 1.807) is 11.7 Å². The van der Waals surface area contributed by atoms with Crippen LogP contribution in [0, 0.1) is 10.1 Å². The van der Waals surface area contributed by atoms with Crippen LogP contribution in [-0.2, 0) is 11.8 Å². The predicted octanol–water partition coefficient (Wildman–Crippen LogP) is 2.98. The van der Waals surface area contributed by atoms with Crippen molar-refractivity contribution in [2.75, 3.05) is 0 Å². The summed E-state index contributed by atoms with van der Waals surface area (Å²) in [5.74, 6) is 0. The molecule has 1 aliphatic heterocycles. The van der Waals surface area contributed by atoms with Gasteiger partial charge in [0.2, 0.25) is 0 Å². The molecule has 18 heavy (non-hydrogen) atoms. The Morgan fingerprint density at radius 3 is 2.72 bits per heavy atom. The molecule has 2 heterocycles. The fraction of sp³-hybridized carbons (Fsp3) is 0.750. The highest BCUT2D eigenvalue weighted by Gasteiger charge is 2.33. The summed E-state index contributed by atoms with van der Waals surface area (Å²) in [5, 5.41) is 14.8. The zero-order chi connectivity index (χ0) is 13.7. The minimum Gasteiger partial charge on any atom is -0.368 e. The second kappa shape index (κ2) is 6.49. The third kappa shape index (κ3) is 2.87. The normalized spacial score (nSPS) is 22.4. The molecule has 2 rings (SSSR count). The number of nitrogens with zero attached hydrogens (tertiary/aromatic N) is 3. The van der Waals surface area contributed by atoms with Crippen molar-refractivity contribution in [2.45, 2.75) is 52.2 Å². The molecule has 2 atom stereocenters. The number of aryl methyl sites for hydroxylation is 1. The summed E-state index contributed by atoms with van der Waals surface area (Å²) < 4.78 is 7.30. The van der Waals surface area contributed by atoms with E-state index in [1.807, 2.05) is 13.8 Å². The highest BCUT2D eigenvalue weighted by molar-refractivity contribution is 5.35. The lowest BCUT2D eigenvalue weighted by Crippen LogP contribution is -2.09. The van der Waals surface area contributed by atoms with Crippen LogP contribution in [0.5, 0.6) is 0 Å². The van der Waals surface area contributed by atoms with Crippen LogP contribution in [-0.4, -0.2) is 20.8 Å². The third-order valence-electron chi connectivity index (χ3n) is 3.03. The van der Waals surface area contributed by atoms with Gasteiger partial charge in [-0.2, -0.15) is 5.10 Å². The summed E-state index contributed by atoms with van der Waals surface area (Å²) in [6.07, 6.45) is 4.07.